The predicted octanol–water partition coefficient (Wildman–Crippen LogP) is 4.86. The third-order valence-corrected chi connectivity index (χ3v) is 7.12. The minimum absolute atomic E-state index is 0.256. The highest BCUT2D eigenvalue weighted by Crippen LogP contribution is 2.33. The molecule has 0 aromatic heterocycles. The maximum atomic E-state index is 12.9. The lowest BCUT2D eigenvalue weighted by Gasteiger charge is -2.41. The Morgan fingerprint density at radius 3 is 2.45 bits per heavy atom. The Labute approximate surface area is 197 Å². The molecule has 176 valence electrons. The predicted molar refractivity (Wildman–Crippen MR) is 132 cm³/mol. The monoisotopic (exact) mass is 448 g/mol. The van der Waals surface area contributed by atoms with Crippen LogP contribution in [-0.4, -0.2) is 47.6 Å². The number of carbonyl (C=O) groups excluding carboxylic acids is 1. The van der Waals surface area contributed by atoms with Gasteiger partial charge in [-0.1, -0.05) is 48.9 Å². The van der Waals surface area contributed by atoms with Crippen molar-refractivity contribution in [1.29, 1.82) is 0 Å². The topological polar surface area (TPSA) is 60.9 Å². The summed E-state index contributed by atoms with van der Waals surface area (Å²) in [5.41, 5.74) is 5.10. The Kier molecular flexibility index (Phi) is 8.16. The summed E-state index contributed by atoms with van der Waals surface area (Å²) in [6, 6.07) is 17.6. The van der Waals surface area contributed by atoms with Gasteiger partial charge in [0.1, 0.15) is 0 Å². The molecule has 2 heterocycles. The lowest BCUT2D eigenvalue weighted by atomic mass is 9.93. The van der Waals surface area contributed by atoms with E-state index in [1.165, 1.54) is 16.7 Å². The first kappa shape index (κ1) is 23.5. The molecule has 1 N–H and O–H groups in total. The van der Waals surface area contributed by atoms with Crippen LogP contribution in [0.1, 0.15) is 61.6 Å². The third-order valence-electron chi connectivity index (χ3n) is 7.12. The van der Waals surface area contributed by atoms with Gasteiger partial charge in [0.15, 0.2) is 0 Å². The summed E-state index contributed by atoms with van der Waals surface area (Å²) >= 11 is 0. The number of aliphatic carboxylic acids is 1. The number of anilines is 1. The van der Waals surface area contributed by atoms with Gasteiger partial charge in [-0.2, -0.15) is 0 Å². The van der Waals surface area contributed by atoms with Gasteiger partial charge in [0.2, 0.25) is 5.91 Å². The molecule has 0 atom stereocenters. The molecule has 2 aromatic carbocycles. The Morgan fingerprint density at radius 1 is 0.909 bits per heavy atom. The Hall–Kier alpha value is -2.66. The van der Waals surface area contributed by atoms with Crippen molar-refractivity contribution in [3.8, 4) is 0 Å². The number of hydrogen-bond acceptors (Lipinski definition) is 3. The van der Waals surface area contributed by atoms with E-state index in [9.17, 15) is 9.59 Å². The number of unbranched alkanes of at least 4 members (excludes halogenated alkanes) is 2. The second-order valence-electron chi connectivity index (χ2n) is 9.49. The van der Waals surface area contributed by atoms with Crippen LogP contribution in [0.4, 0.5) is 5.69 Å². The minimum atomic E-state index is -0.712. The first-order valence-electron chi connectivity index (χ1n) is 12.5. The van der Waals surface area contributed by atoms with Crippen LogP contribution in [0.2, 0.25) is 0 Å². The van der Waals surface area contributed by atoms with Crippen molar-refractivity contribution >= 4 is 17.6 Å². The zero-order valence-corrected chi connectivity index (χ0v) is 19.5. The maximum Gasteiger partial charge on any atom is 0.303 e. The molecule has 33 heavy (non-hydrogen) atoms. The number of carboxylic acids is 1. The first-order chi connectivity index (χ1) is 16.1. The molecular weight excluding hydrogens is 412 g/mol. The van der Waals surface area contributed by atoms with Gasteiger partial charge >= 0.3 is 5.97 Å². The summed E-state index contributed by atoms with van der Waals surface area (Å²) < 4.78 is 0. The van der Waals surface area contributed by atoms with Crippen molar-refractivity contribution in [1.82, 2.24) is 4.90 Å². The summed E-state index contributed by atoms with van der Waals surface area (Å²) in [6.45, 7) is 3.17. The van der Waals surface area contributed by atoms with E-state index in [0.29, 0.717) is 12.5 Å². The van der Waals surface area contributed by atoms with Gasteiger partial charge in [-0.15, -0.1) is 0 Å². The molecule has 0 aliphatic carbocycles. The normalized spacial score (nSPS) is 17.2. The van der Waals surface area contributed by atoms with Crippen molar-refractivity contribution in [2.75, 3.05) is 24.5 Å². The lowest BCUT2D eigenvalue weighted by molar-refractivity contribution is -0.137. The fraction of sp³-hybridized carbons (Fsp3) is 0.500. The third kappa shape index (κ3) is 6.44. The van der Waals surface area contributed by atoms with Crippen molar-refractivity contribution in [3.63, 3.8) is 0 Å². The van der Waals surface area contributed by atoms with E-state index in [0.717, 1.165) is 76.7 Å². The number of rotatable bonds is 10. The van der Waals surface area contributed by atoms with Gasteiger partial charge in [0.05, 0.1) is 0 Å². The molecule has 0 bridgehead atoms. The van der Waals surface area contributed by atoms with E-state index in [1.54, 1.807) is 0 Å². The molecule has 0 spiro atoms. The molecule has 2 aliphatic heterocycles. The second-order valence-corrected chi connectivity index (χ2v) is 9.49. The number of carbonyl (C=O) groups is 2. The molecule has 5 nitrogen and oxygen atoms in total. The molecule has 2 aromatic rings. The molecule has 0 unspecified atom stereocenters. The summed E-state index contributed by atoms with van der Waals surface area (Å²) in [5.74, 6) is -0.442. The summed E-state index contributed by atoms with van der Waals surface area (Å²) in [4.78, 5) is 28.2. The highest BCUT2D eigenvalue weighted by atomic mass is 16.4. The minimum Gasteiger partial charge on any atom is -0.481 e. The molecule has 0 saturated carbocycles. The van der Waals surface area contributed by atoms with Crippen LogP contribution in [-0.2, 0) is 28.9 Å². The average molecular weight is 449 g/mol. The highest BCUT2D eigenvalue weighted by molar-refractivity contribution is 5.97. The van der Waals surface area contributed by atoms with Gasteiger partial charge in [-0.25, -0.2) is 0 Å². The van der Waals surface area contributed by atoms with E-state index < -0.39 is 5.97 Å². The second kappa shape index (κ2) is 11.5. The molecule has 4 rings (SSSR count). The molecular formula is C28H36N2O3. The quantitative estimate of drug-likeness (QED) is 0.527. The Morgan fingerprint density at radius 2 is 1.70 bits per heavy atom. The van der Waals surface area contributed by atoms with E-state index in [1.807, 2.05) is 0 Å². The number of fused-ring (bicyclic) bond motifs is 1. The van der Waals surface area contributed by atoms with E-state index >= 15 is 0 Å². The van der Waals surface area contributed by atoms with Crippen LogP contribution in [0.15, 0.2) is 48.5 Å². The van der Waals surface area contributed by atoms with Gasteiger partial charge in [0, 0.05) is 44.2 Å². The van der Waals surface area contributed by atoms with Gasteiger partial charge < -0.3 is 14.9 Å². The van der Waals surface area contributed by atoms with Crippen LogP contribution in [0.3, 0.4) is 0 Å². The number of aryl methyl sites for hydroxylation is 2. The molecule has 1 saturated heterocycles. The highest BCUT2D eigenvalue weighted by Gasteiger charge is 2.32. The maximum absolute atomic E-state index is 12.9. The summed E-state index contributed by atoms with van der Waals surface area (Å²) in [7, 11) is 0. The SMILES string of the molecule is O=C(O)CCCCCc1ccc2c(c1)CCC(=O)N2C1CCN(CCc2ccccc2)CC1. The van der Waals surface area contributed by atoms with Crippen molar-refractivity contribution in [2.24, 2.45) is 0 Å². The van der Waals surface area contributed by atoms with Gasteiger partial charge in [-0.3, -0.25) is 9.59 Å². The Bertz CT molecular complexity index is 935. The van der Waals surface area contributed by atoms with E-state index in [2.05, 4.69) is 58.3 Å². The fourth-order valence-corrected chi connectivity index (χ4v) is 5.24. The van der Waals surface area contributed by atoms with Crippen molar-refractivity contribution < 1.29 is 14.7 Å². The smallest absolute Gasteiger partial charge is 0.303 e. The van der Waals surface area contributed by atoms with Crippen LogP contribution < -0.4 is 4.90 Å². The van der Waals surface area contributed by atoms with E-state index in [4.69, 9.17) is 5.11 Å². The number of nitrogens with zero attached hydrogens (tertiary/aromatic N) is 2. The number of likely N-dealkylation sites (tertiary alicyclic amines) is 1. The lowest BCUT2D eigenvalue weighted by Crippen LogP contribution is -2.49. The first-order valence-corrected chi connectivity index (χ1v) is 12.5. The number of benzene rings is 2. The van der Waals surface area contributed by atoms with Crippen molar-refractivity contribution in [2.45, 2.75) is 70.3 Å². The largest absolute Gasteiger partial charge is 0.481 e. The number of carboxylic acid groups (broad SMARTS) is 1. The van der Waals surface area contributed by atoms with Gasteiger partial charge in [-0.05, 0) is 67.7 Å². The van der Waals surface area contributed by atoms with E-state index in [-0.39, 0.29) is 12.3 Å². The summed E-state index contributed by atoms with van der Waals surface area (Å²) in [6.07, 6.45) is 8.50. The number of hydrogen-bond donors (Lipinski definition) is 1. The standard InChI is InChI=1S/C28H36N2O3/c31-27-14-12-24-21-23(9-5-2-6-10-28(32)33)11-13-26(24)30(27)25-16-19-29(20-17-25)18-15-22-7-3-1-4-8-22/h1,3-4,7-8,11,13,21,25H,2,5-6,9-10,12,14-20H2,(H,32,33). The molecule has 5 heteroatoms. The molecule has 0 radical (unpaired) electrons. The zero-order chi connectivity index (χ0) is 23.0. The fourth-order valence-electron chi connectivity index (χ4n) is 5.24. The summed E-state index contributed by atoms with van der Waals surface area (Å²) in [5, 5.41) is 8.77. The molecule has 2 aliphatic rings. The number of amides is 1. The van der Waals surface area contributed by atoms with Crippen LogP contribution in [0.5, 0.6) is 0 Å². The zero-order valence-electron chi connectivity index (χ0n) is 19.5. The molecule has 1 fully saturated rings. The molecule has 1 amide bonds. The number of piperidine rings is 1. The Balaban J connectivity index is 1.31. The van der Waals surface area contributed by atoms with Crippen LogP contribution >= 0.6 is 0 Å². The van der Waals surface area contributed by atoms with Crippen molar-refractivity contribution in [3.05, 3.63) is 65.2 Å². The van der Waals surface area contributed by atoms with Crippen LogP contribution in [0, 0.1) is 0 Å². The van der Waals surface area contributed by atoms with Crippen LogP contribution in [0.25, 0.3) is 0 Å². The average Bonchev–Trinajstić information content (AvgIpc) is 2.83. The van der Waals surface area contributed by atoms with Gasteiger partial charge in [0.25, 0.3) is 0 Å².